The molecule has 0 aromatic heterocycles. The molecule has 2 saturated carbocycles. The number of benzene rings is 6. The van der Waals surface area contributed by atoms with E-state index in [4.69, 9.17) is 80.5 Å². The maximum atomic E-state index is 15.5. The van der Waals surface area contributed by atoms with Crippen LogP contribution in [0, 0.1) is 11.6 Å². The summed E-state index contributed by atoms with van der Waals surface area (Å²) in [5.74, 6) is -4.11. The van der Waals surface area contributed by atoms with E-state index in [9.17, 15) is 66.1 Å². The highest BCUT2D eigenvalue weighted by Gasteiger charge is 2.60. The number of halogens is 8. The van der Waals surface area contributed by atoms with Gasteiger partial charge in [-0.2, -0.15) is 0 Å². The van der Waals surface area contributed by atoms with Crippen molar-refractivity contribution in [1.82, 2.24) is 19.6 Å². The molecule has 0 spiro atoms. The Morgan fingerprint density at radius 1 is 0.428 bits per heavy atom. The second-order valence-corrected chi connectivity index (χ2v) is 57.4. The van der Waals surface area contributed by atoms with Gasteiger partial charge in [0.05, 0.1) is 36.2 Å². The van der Waals surface area contributed by atoms with Crippen molar-refractivity contribution < 1.29 is 126 Å². The maximum absolute atomic E-state index is 15.5. The molecule has 2 aliphatic carbocycles. The number of nitrogens with two attached hydrogens (primary N) is 1. The van der Waals surface area contributed by atoms with Crippen molar-refractivity contribution in [2.45, 2.75) is 331 Å². The zero-order valence-corrected chi connectivity index (χ0v) is 87.4. The van der Waals surface area contributed by atoms with E-state index in [1.807, 2.05) is 174 Å². The van der Waals surface area contributed by atoms with Gasteiger partial charge in [-0.05, 0) is 168 Å². The zero-order valence-electron chi connectivity index (χ0n) is 82.9. The molecule has 6 aromatic carbocycles. The Bertz CT molecular complexity index is 5040. The van der Waals surface area contributed by atoms with Gasteiger partial charge in [0.2, 0.25) is 0 Å². The van der Waals surface area contributed by atoms with Crippen LogP contribution in [-0.2, 0) is 103 Å². The molecule has 138 heavy (non-hydrogen) atoms. The summed E-state index contributed by atoms with van der Waals surface area (Å²) in [6.07, 6.45) is -10.4. The molecular formula is C101H139Cl2F6N5O21Si3. The van der Waals surface area contributed by atoms with Gasteiger partial charge in [0.15, 0.2) is 55.2 Å². The molecule has 13 rings (SSSR count). The number of ether oxygens (including phenoxy) is 7. The number of amides is 4. The average Bonchev–Trinajstić information content (AvgIpc) is 1.60. The number of aliphatic hydroxyl groups excluding tert-OH is 2. The number of likely N-dealkylation sites (tertiary alicyclic amines) is 4. The molecule has 37 heteroatoms. The number of carbonyl (C=O) groups is 8. The number of hydrogen-bond donors (Lipinski definition) is 4. The minimum absolute atomic E-state index is 0.000399. The van der Waals surface area contributed by atoms with Crippen LogP contribution in [0.4, 0.5) is 45.5 Å². The average molecular weight is 2030 g/mol. The lowest BCUT2D eigenvalue weighted by Gasteiger charge is -2.40. The molecule has 0 radical (unpaired) electrons. The van der Waals surface area contributed by atoms with Gasteiger partial charge in [-0.15, -0.1) is 0 Å². The van der Waals surface area contributed by atoms with Gasteiger partial charge in [-0.25, -0.2) is 59.9 Å². The lowest BCUT2D eigenvalue weighted by atomic mass is 9.87. The second kappa shape index (κ2) is 47.7. The smallest absolute Gasteiger partial charge is 0.411 e. The van der Waals surface area contributed by atoms with Crippen LogP contribution in [0.5, 0.6) is 0 Å². The number of hydrogen-bond acceptors (Lipinski definition) is 21. The van der Waals surface area contributed by atoms with E-state index in [1.54, 1.807) is 114 Å². The number of aliphatic hydroxyl groups is 2. The maximum Gasteiger partial charge on any atom is 0.411 e. The summed E-state index contributed by atoms with van der Waals surface area (Å²) < 4.78 is 143. The third kappa shape index (κ3) is 31.5. The largest absolute Gasteiger partial charge is 0.480 e. The highest BCUT2D eigenvalue weighted by molar-refractivity contribution is 6.75. The molecule has 762 valence electrons. The van der Waals surface area contributed by atoms with E-state index in [1.165, 1.54) is 17.0 Å². The molecule has 4 amide bonds. The molecule has 5 heterocycles. The standard InChI is InChI=1S/C26H38ClF2NO4Si.C26H34FNO5Si.C20H20FNO5.C16H30FNO5Si.C9H9ClFN.C4H8O2/c1-24(2,3)33-23(32)30-15-18(28)22(34-35(7,8)25(4,5)6)21(30)19(31)14-26(12-13-26)16-10-9-11-17(27)20(16)29;1-26(2,3)34(4,5)33-23-21(27)16-28(25(30)32-18-20-14-10-7-11-15-20)22(23)24(29)31-17-19-12-8-6-9-13-19;21-16-11-22(20(25)27-13-15-9-5-2-6-10-15)17(18(16)23)19(24)26-12-14-7-3-1-4-8-14;1-15(2,3)22-14(21)18-9-10(17)12(11(18)13(19)20)23-24(7,8)16(4,5)6;10-7-3-1-2-6(8(7)11)9(12)4-5-9;5-4-2-1-3-6-4/h9-11,18,21-22H,12-15H2,1-8H3;6-15,21-23H,16-18H2,1-5H3;1-10,16-18,23H,11-13H2;10-12H,9H2,1-8H3,(H,19,20);1-3H,4-5,12H2;4-5H,1-3H2/t18-,21+,22+;21-,22-,23+;16-,17-,18+;10-,11-,12+;;/m0000../s1. The molecule has 7 aliphatic rings. The number of aliphatic carboxylic acids is 1. The van der Waals surface area contributed by atoms with Crippen LogP contribution in [0.25, 0.3) is 0 Å². The van der Waals surface area contributed by atoms with Gasteiger partial charge in [0.1, 0.15) is 104 Å². The van der Waals surface area contributed by atoms with Gasteiger partial charge >= 0.3 is 42.3 Å². The van der Waals surface area contributed by atoms with Gasteiger partial charge in [-0.1, -0.05) is 231 Å². The topological polar surface area (TPSA) is 329 Å². The molecule has 5 saturated heterocycles. The number of rotatable bonds is 22. The minimum atomic E-state index is -2.48. The Kier molecular flexibility index (Phi) is 39.5. The van der Waals surface area contributed by atoms with Crippen LogP contribution < -0.4 is 5.73 Å². The molecule has 26 nitrogen and oxygen atoms in total. The van der Waals surface area contributed by atoms with Crippen molar-refractivity contribution in [3.63, 3.8) is 0 Å². The van der Waals surface area contributed by atoms with Crippen LogP contribution in [0.3, 0.4) is 0 Å². The fraction of sp³-hybridized carbons (Fsp3) is 0.564. The summed E-state index contributed by atoms with van der Waals surface area (Å²) in [4.78, 5) is 106. The van der Waals surface area contributed by atoms with Crippen LogP contribution in [-0.4, -0.2) is 231 Å². The summed E-state index contributed by atoms with van der Waals surface area (Å²) in [5.41, 5.74) is 7.13. The third-order valence-electron chi connectivity index (χ3n) is 26.0. The summed E-state index contributed by atoms with van der Waals surface area (Å²) in [5, 5.41) is 27.6. The Labute approximate surface area is 820 Å². The van der Waals surface area contributed by atoms with Crippen LogP contribution in [0.15, 0.2) is 158 Å². The first-order chi connectivity index (χ1) is 64.0. The van der Waals surface area contributed by atoms with E-state index in [0.29, 0.717) is 24.0 Å². The number of Topliss-reactive ketones (excluding diaryl/α,β-unsaturated/α-hetero) is 1. The fourth-order valence-corrected chi connectivity index (χ4v) is 19.1. The lowest BCUT2D eigenvalue weighted by molar-refractivity contribution is -0.153. The molecule has 5 aliphatic heterocycles. The minimum Gasteiger partial charge on any atom is -0.480 e. The summed E-state index contributed by atoms with van der Waals surface area (Å²) in [7, 11) is -7.32. The first-order valence-corrected chi connectivity index (χ1v) is 55.9. The van der Waals surface area contributed by atoms with Crippen molar-refractivity contribution in [1.29, 1.82) is 0 Å². The summed E-state index contributed by atoms with van der Waals surface area (Å²) in [6, 6.07) is 40.8. The molecule has 5 N–H and O–H groups in total. The van der Waals surface area contributed by atoms with E-state index >= 15 is 8.78 Å². The molecule has 7 fully saturated rings. The Hall–Kier alpha value is -8.99. The zero-order chi connectivity index (χ0) is 103. The van der Waals surface area contributed by atoms with E-state index in [-0.39, 0.29) is 89.2 Å². The number of esters is 2. The Morgan fingerprint density at radius 3 is 1.07 bits per heavy atom. The number of alkyl halides is 4. The van der Waals surface area contributed by atoms with Crippen molar-refractivity contribution in [2.24, 2.45) is 5.73 Å². The lowest BCUT2D eigenvalue weighted by Crippen LogP contribution is -2.53. The second-order valence-electron chi connectivity index (χ2n) is 42.3. The molecule has 1 unspecified atom stereocenters. The number of carboxylic acid groups (broad SMARTS) is 1. The van der Waals surface area contributed by atoms with Crippen molar-refractivity contribution >= 4 is 96.2 Å². The van der Waals surface area contributed by atoms with Crippen molar-refractivity contribution in [3.8, 4) is 0 Å². The van der Waals surface area contributed by atoms with Gasteiger partial charge in [-0.3, -0.25) is 24.4 Å². The molecular weight excluding hydrogens is 1890 g/mol. The van der Waals surface area contributed by atoms with Crippen molar-refractivity contribution in [2.75, 3.05) is 32.8 Å². The van der Waals surface area contributed by atoms with Crippen molar-refractivity contribution in [3.05, 3.63) is 213 Å². The highest BCUT2D eigenvalue weighted by Crippen LogP contribution is 2.54. The Balaban J connectivity index is 0.000000214. The predicted octanol–water partition coefficient (Wildman–Crippen LogP) is 20.7. The highest BCUT2D eigenvalue weighted by atomic mass is 35.5. The predicted molar refractivity (Wildman–Crippen MR) is 519 cm³/mol. The monoisotopic (exact) mass is 2030 g/mol. The van der Waals surface area contributed by atoms with Gasteiger partial charge < -0.3 is 67.5 Å². The normalized spacial score (nSPS) is 23.2. The first-order valence-electron chi connectivity index (χ1n) is 46.4. The summed E-state index contributed by atoms with van der Waals surface area (Å²) in [6.45, 7) is 39.5. The van der Waals surface area contributed by atoms with Crippen LogP contribution >= 0.6 is 23.2 Å². The van der Waals surface area contributed by atoms with Crippen LogP contribution in [0.2, 0.25) is 64.4 Å². The van der Waals surface area contributed by atoms with E-state index in [2.05, 4.69) is 0 Å². The quantitative estimate of drug-likeness (QED) is 0.0212. The summed E-state index contributed by atoms with van der Waals surface area (Å²) >= 11 is 11.6. The van der Waals surface area contributed by atoms with Crippen LogP contribution in [0.1, 0.15) is 182 Å². The molecule has 0 bridgehead atoms. The third-order valence-corrected chi connectivity index (χ3v) is 40.0. The number of nitrogens with zero attached hydrogens (tertiary/aromatic N) is 4. The number of carbonyl (C=O) groups excluding carboxylic acids is 7. The SMILES string of the molecule is CC(C)(C)OC(=O)N1C[C@H](F)[C@@H](O[Si](C)(C)C(C)(C)C)[C@H]1C(=O)CC1(c2cccc(Cl)c2F)CC1.CC(C)(C)OC(=O)N1C[C@H](F)[C@@H](O[Si](C)(C)C(C)(C)C)[C@H]1C(=O)O.CC(C)(C)[Si](C)(C)O[C@H]1[C@@H](C(=O)OCc2ccccc2)N(C(=O)OCc2ccccc2)C[C@@H]1F.NC1(c2cccc(Cl)c2F)CC1.O=C(OCc1ccccc1)[C@@H]1[C@H](O)[C@@H](F)CN1C(=O)OCc1ccccc1.OC1CCCO1. The van der Waals surface area contributed by atoms with Gasteiger partial charge in [0, 0.05) is 36.0 Å². The molecule has 6 aromatic rings. The number of ketones is 1. The number of carboxylic acids is 1. The van der Waals surface area contributed by atoms with Gasteiger partial charge in [0.25, 0.3) is 0 Å². The first kappa shape index (κ1) is 114. The fourth-order valence-electron chi connectivity index (χ4n) is 14.8. The molecule has 13 atom stereocenters. The van der Waals surface area contributed by atoms with E-state index < -0.39 is 181 Å². The van der Waals surface area contributed by atoms with E-state index in [0.717, 1.165) is 69.2 Å². The Morgan fingerprint density at radius 2 is 0.746 bits per heavy atom.